The lowest BCUT2D eigenvalue weighted by Gasteiger charge is -2.09. The molecule has 0 amide bonds. The lowest BCUT2D eigenvalue weighted by molar-refractivity contribution is 0.378. The molecule has 0 aliphatic rings. The van der Waals surface area contributed by atoms with Gasteiger partial charge in [-0.1, -0.05) is 6.08 Å². The quantitative estimate of drug-likeness (QED) is 0.771. The average Bonchev–Trinajstić information content (AvgIpc) is 2.16. The maximum absolute atomic E-state index is 5.65. The smallest absolute Gasteiger partial charge is 0.322 e. The number of anilines is 1. The molecule has 0 aromatic carbocycles. The van der Waals surface area contributed by atoms with Crippen molar-refractivity contribution in [3.8, 4) is 6.01 Å². The van der Waals surface area contributed by atoms with Crippen LogP contribution in [-0.2, 0) is 0 Å². The number of rotatable bonds is 4. The minimum Gasteiger partial charge on any atom is -0.467 e. The summed E-state index contributed by atoms with van der Waals surface area (Å²) in [5.74, 6) is 0.370. The van der Waals surface area contributed by atoms with E-state index in [2.05, 4.69) is 26.8 Å². The lowest BCUT2D eigenvalue weighted by Crippen LogP contribution is -2.14. The predicted molar refractivity (Wildman–Crippen MR) is 54.7 cm³/mol. The molecule has 0 aliphatic carbocycles. The van der Waals surface area contributed by atoms with Crippen molar-refractivity contribution in [2.24, 2.45) is 0 Å². The van der Waals surface area contributed by atoms with E-state index in [-0.39, 0.29) is 17.3 Å². The van der Waals surface area contributed by atoms with E-state index in [4.69, 9.17) is 16.3 Å². The number of halogens is 1. The van der Waals surface area contributed by atoms with Gasteiger partial charge < -0.3 is 10.1 Å². The standard InChI is InChI=1S/C8H11ClN4O/c1-4-5(2)10-7-11-6(9)12-8(13-7)14-3/h4-5H,1H2,2-3H3,(H,10,11,12,13). The number of nitrogens with one attached hydrogen (secondary N) is 1. The first-order valence-corrected chi connectivity index (χ1v) is 4.38. The van der Waals surface area contributed by atoms with Crippen molar-refractivity contribution in [2.75, 3.05) is 12.4 Å². The third-order valence-electron chi connectivity index (χ3n) is 1.48. The van der Waals surface area contributed by atoms with E-state index in [0.29, 0.717) is 5.95 Å². The first kappa shape index (κ1) is 10.7. The van der Waals surface area contributed by atoms with Crippen molar-refractivity contribution in [3.05, 3.63) is 17.9 Å². The van der Waals surface area contributed by atoms with Gasteiger partial charge in [0.05, 0.1) is 7.11 Å². The van der Waals surface area contributed by atoms with Crippen LogP contribution in [0.4, 0.5) is 5.95 Å². The number of methoxy groups -OCH3 is 1. The predicted octanol–water partition coefficient (Wildman–Crippen LogP) is 1.52. The molecular formula is C8H11ClN4O. The second-order valence-corrected chi connectivity index (χ2v) is 2.92. The van der Waals surface area contributed by atoms with Crippen LogP contribution in [0.1, 0.15) is 6.92 Å². The molecule has 1 rings (SSSR count). The van der Waals surface area contributed by atoms with Crippen LogP contribution in [0.3, 0.4) is 0 Å². The van der Waals surface area contributed by atoms with Gasteiger partial charge in [-0.05, 0) is 18.5 Å². The second-order valence-electron chi connectivity index (χ2n) is 2.58. The molecule has 0 saturated heterocycles. The second kappa shape index (κ2) is 4.76. The Balaban J connectivity index is 2.86. The molecule has 0 aliphatic heterocycles. The fourth-order valence-corrected chi connectivity index (χ4v) is 0.903. The lowest BCUT2D eigenvalue weighted by atomic mass is 10.3. The van der Waals surface area contributed by atoms with Crippen molar-refractivity contribution in [1.82, 2.24) is 15.0 Å². The normalized spacial score (nSPS) is 11.9. The molecule has 0 saturated carbocycles. The van der Waals surface area contributed by atoms with Crippen molar-refractivity contribution in [2.45, 2.75) is 13.0 Å². The fourth-order valence-electron chi connectivity index (χ4n) is 0.750. The monoisotopic (exact) mass is 214 g/mol. The molecule has 0 spiro atoms. The number of ether oxygens (including phenoxy) is 1. The zero-order valence-corrected chi connectivity index (χ0v) is 8.75. The zero-order chi connectivity index (χ0) is 10.6. The van der Waals surface area contributed by atoms with Crippen LogP contribution in [0, 0.1) is 0 Å². The molecular weight excluding hydrogens is 204 g/mol. The van der Waals surface area contributed by atoms with E-state index >= 15 is 0 Å². The Hall–Kier alpha value is -1.36. The summed E-state index contributed by atoms with van der Waals surface area (Å²) >= 11 is 5.65. The van der Waals surface area contributed by atoms with E-state index in [1.54, 1.807) is 6.08 Å². The Bertz CT molecular complexity index is 331. The molecule has 1 aromatic heterocycles. The number of hydrogen-bond acceptors (Lipinski definition) is 5. The maximum atomic E-state index is 5.65. The Morgan fingerprint density at radius 2 is 2.21 bits per heavy atom. The topological polar surface area (TPSA) is 59.9 Å². The Morgan fingerprint density at radius 1 is 1.50 bits per heavy atom. The SMILES string of the molecule is C=CC(C)Nc1nc(Cl)nc(OC)n1. The summed E-state index contributed by atoms with van der Waals surface area (Å²) < 4.78 is 4.84. The Morgan fingerprint density at radius 3 is 2.79 bits per heavy atom. The zero-order valence-electron chi connectivity index (χ0n) is 7.99. The summed E-state index contributed by atoms with van der Waals surface area (Å²) in [5, 5.41) is 3.06. The summed E-state index contributed by atoms with van der Waals surface area (Å²) in [6.07, 6.45) is 1.73. The van der Waals surface area contributed by atoms with Gasteiger partial charge in [0, 0.05) is 6.04 Å². The summed E-state index contributed by atoms with van der Waals surface area (Å²) in [6, 6.07) is 0.238. The summed E-state index contributed by atoms with van der Waals surface area (Å²) in [6.45, 7) is 5.54. The minimum absolute atomic E-state index is 0.0539. The number of hydrogen-bond donors (Lipinski definition) is 1. The molecule has 0 fully saturated rings. The summed E-state index contributed by atoms with van der Waals surface area (Å²) in [7, 11) is 1.46. The molecule has 14 heavy (non-hydrogen) atoms. The highest BCUT2D eigenvalue weighted by atomic mass is 35.5. The first-order chi connectivity index (χ1) is 6.65. The van der Waals surface area contributed by atoms with Crippen LogP contribution in [0.2, 0.25) is 5.28 Å². The molecule has 0 radical (unpaired) electrons. The Labute approximate surface area is 87.2 Å². The van der Waals surface area contributed by atoms with E-state index in [9.17, 15) is 0 Å². The molecule has 76 valence electrons. The van der Waals surface area contributed by atoms with Crippen molar-refractivity contribution in [1.29, 1.82) is 0 Å². The largest absolute Gasteiger partial charge is 0.467 e. The molecule has 6 heteroatoms. The highest BCUT2D eigenvalue weighted by Crippen LogP contribution is 2.11. The van der Waals surface area contributed by atoms with Gasteiger partial charge in [-0.3, -0.25) is 0 Å². The van der Waals surface area contributed by atoms with Crippen molar-refractivity contribution in [3.63, 3.8) is 0 Å². The van der Waals surface area contributed by atoms with Crippen molar-refractivity contribution < 1.29 is 4.74 Å². The van der Waals surface area contributed by atoms with Crippen LogP contribution in [-0.4, -0.2) is 28.1 Å². The van der Waals surface area contributed by atoms with Gasteiger partial charge in [0.2, 0.25) is 11.2 Å². The molecule has 1 heterocycles. The van der Waals surface area contributed by atoms with Crippen LogP contribution < -0.4 is 10.1 Å². The molecule has 1 atom stereocenters. The van der Waals surface area contributed by atoms with E-state index in [1.165, 1.54) is 7.11 Å². The molecule has 1 unspecified atom stereocenters. The van der Waals surface area contributed by atoms with Gasteiger partial charge in [-0.25, -0.2) is 0 Å². The minimum atomic E-state index is 0.0539. The van der Waals surface area contributed by atoms with Gasteiger partial charge in [0.15, 0.2) is 0 Å². The molecule has 1 aromatic rings. The van der Waals surface area contributed by atoms with E-state index < -0.39 is 0 Å². The van der Waals surface area contributed by atoms with Crippen LogP contribution in [0.25, 0.3) is 0 Å². The number of aromatic nitrogens is 3. The molecule has 1 N–H and O–H groups in total. The van der Waals surface area contributed by atoms with Crippen molar-refractivity contribution >= 4 is 17.5 Å². The van der Waals surface area contributed by atoms with Gasteiger partial charge >= 0.3 is 6.01 Å². The maximum Gasteiger partial charge on any atom is 0.322 e. The van der Waals surface area contributed by atoms with E-state index in [1.807, 2.05) is 6.92 Å². The highest BCUT2D eigenvalue weighted by molar-refractivity contribution is 6.28. The summed E-state index contributed by atoms with van der Waals surface area (Å²) in [4.78, 5) is 11.6. The highest BCUT2D eigenvalue weighted by Gasteiger charge is 2.05. The van der Waals surface area contributed by atoms with Gasteiger partial charge in [0.1, 0.15) is 0 Å². The number of nitrogens with zero attached hydrogens (tertiary/aromatic N) is 3. The fraction of sp³-hybridized carbons (Fsp3) is 0.375. The Kier molecular flexibility index (Phi) is 3.64. The van der Waals surface area contributed by atoms with Crippen LogP contribution >= 0.6 is 11.6 Å². The van der Waals surface area contributed by atoms with Gasteiger partial charge in [0.25, 0.3) is 0 Å². The molecule has 5 nitrogen and oxygen atoms in total. The van der Waals surface area contributed by atoms with Gasteiger partial charge in [-0.15, -0.1) is 6.58 Å². The molecule has 0 bridgehead atoms. The van der Waals surface area contributed by atoms with Crippen LogP contribution in [0.5, 0.6) is 6.01 Å². The van der Waals surface area contributed by atoms with Gasteiger partial charge in [-0.2, -0.15) is 15.0 Å². The first-order valence-electron chi connectivity index (χ1n) is 4.00. The van der Waals surface area contributed by atoms with Crippen LogP contribution in [0.15, 0.2) is 12.7 Å². The third kappa shape index (κ3) is 2.85. The summed E-state index contributed by atoms with van der Waals surface area (Å²) in [5.41, 5.74) is 0. The average molecular weight is 215 g/mol. The third-order valence-corrected chi connectivity index (χ3v) is 1.65. The van der Waals surface area contributed by atoms with E-state index in [0.717, 1.165) is 0 Å².